The van der Waals surface area contributed by atoms with Gasteiger partial charge in [-0.2, -0.15) is 0 Å². The van der Waals surface area contributed by atoms with Crippen LogP contribution in [0.2, 0.25) is 0 Å². The third-order valence-corrected chi connectivity index (χ3v) is 3.16. The summed E-state index contributed by atoms with van der Waals surface area (Å²) < 4.78 is 6.25. The van der Waals surface area contributed by atoms with Crippen molar-refractivity contribution in [2.75, 3.05) is 0 Å². The van der Waals surface area contributed by atoms with Gasteiger partial charge >= 0.3 is 5.97 Å². The van der Waals surface area contributed by atoms with Crippen molar-refractivity contribution in [2.24, 2.45) is 5.92 Å². The van der Waals surface area contributed by atoms with Gasteiger partial charge in [0, 0.05) is 0 Å². The van der Waals surface area contributed by atoms with Crippen molar-refractivity contribution in [1.82, 2.24) is 4.98 Å². The van der Waals surface area contributed by atoms with E-state index in [0.717, 1.165) is 15.2 Å². The number of fused-ring (bicyclic) bond motifs is 1. The van der Waals surface area contributed by atoms with Crippen LogP contribution in [0.5, 0.6) is 0 Å². The first-order valence-electron chi connectivity index (χ1n) is 5.18. The molecule has 84 valence electrons. The molecule has 16 heavy (non-hydrogen) atoms. The molecule has 0 radical (unpaired) electrons. The SMILES string of the molecule is CC(C)C(=O)OCc1nc2ccccc2s1. The molecule has 2 aromatic rings. The minimum absolute atomic E-state index is 0.0885. The summed E-state index contributed by atoms with van der Waals surface area (Å²) in [5.41, 5.74) is 0.961. The molecule has 1 aromatic carbocycles. The van der Waals surface area contributed by atoms with E-state index in [4.69, 9.17) is 4.74 Å². The summed E-state index contributed by atoms with van der Waals surface area (Å²) in [6.07, 6.45) is 0. The molecule has 2 rings (SSSR count). The number of carbonyl (C=O) groups excluding carboxylic acids is 1. The molecule has 0 bridgehead atoms. The highest BCUT2D eigenvalue weighted by Crippen LogP contribution is 2.22. The van der Waals surface area contributed by atoms with Crippen LogP contribution in [0.25, 0.3) is 10.2 Å². The van der Waals surface area contributed by atoms with Crippen molar-refractivity contribution in [1.29, 1.82) is 0 Å². The molecule has 0 amide bonds. The predicted octanol–water partition coefficient (Wildman–Crippen LogP) is 3.00. The highest BCUT2D eigenvalue weighted by Gasteiger charge is 2.10. The number of ether oxygens (including phenoxy) is 1. The van der Waals surface area contributed by atoms with Gasteiger partial charge < -0.3 is 4.74 Å². The van der Waals surface area contributed by atoms with Crippen LogP contribution >= 0.6 is 11.3 Å². The number of hydrogen-bond acceptors (Lipinski definition) is 4. The molecule has 0 unspecified atom stereocenters. The first-order chi connectivity index (χ1) is 7.66. The standard InChI is InChI=1S/C12H13NO2S/c1-8(2)12(14)15-7-11-13-9-5-3-4-6-10(9)16-11/h3-6,8H,7H2,1-2H3. The molecule has 0 saturated carbocycles. The Hall–Kier alpha value is -1.42. The Morgan fingerprint density at radius 3 is 2.88 bits per heavy atom. The molecule has 1 aromatic heterocycles. The van der Waals surface area contributed by atoms with Crippen LogP contribution in [-0.4, -0.2) is 11.0 Å². The number of para-hydroxylation sites is 1. The van der Waals surface area contributed by atoms with Crippen molar-refractivity contribution in [3.05, 3.63) is 29.3 Å². The highest BCUT2D eigenvalue weighted by atomic mass is 32.1. The Morgan fingerprint density at radius 2 is 2.19 bits per heavy atom. The van der Waals surface area contributed by atoms with Crippen molar-refractivity contribution < 1.29 is 9.53 Å². The van der Waals surface area contributed by atoms with Crippen LogP contribution in [0.4, 0.5) is 0 Å². The van der Waals surface area contributed by atoms with E-state index >= 15 is 0 Å². The van der Waals surface area contributed by atoms with Gasteiger partial charge in [0.25, 0.3) is 0 Å². The van der Waals surface area contributed by atoms with E-state index < -0.39 is 0 Å². The smallest absolute Gasteiger partial charge is 0.308 e. The van der Waals surface area contributed by atoms with Gasteiger partial charge in [-0.1, -0.05) is 26.0 Å². The molecule has 4 heteroatoms. The maximum Gasteiger partial charge on any atom is 0.308 e. The zero-order valence-corrected chi connectivity index (χ0v) is 10.1. The van der Waals surface area contributed by atoms with E-state index in [1.807, 2.05) is 38.1 Å². The number of nitrogens with zero attached hydrogens (tertiary/aromatic N) is 1. The number of aromatic nitrogens is 1. The maximum atomic E-state index is 11.3. The molecule has 1 heterocycles. The fraction of sp³-hybridized carbons (Fsp3) is 0.333. The lowest BCUT2D eigenvalue weighted by Crippen LogP contribution is -2.11. The minimum Gasteiger partial charge on any atom is -0.458 e. The summed E-state index contributed by atoms with van der Waals surface area (Å²) in [7, 11) is 0. The normalized spacial score (nSPS) is 10.9. The highest BCUT2D eigenvalue weighted by molar-refractivity contribution is 7.18. The van der Waals surface area contributed by atoms with Gasteiger partial charge in [0.1, 0.15) is 11.6 Å². The number of hydrogen-bond donors (Lipinski definition) is 0. The lowest BCUT2D eigenvalue weighted by molar-refractivity contribution is -0.148. The van der Waals surface area contributed by atoms with Gasteiger partial charge in [-0.15, -0.1) is 11.3 Å². The fourth-order valence-corrected chi connectivity index (χ4v) is 2.16. The maximum absolute atomic E-state index is 11.3. The molecule has 0 N–H and O–H groups in total. The molecule has 0 aliphatic heterocycles. The number of thiazole rings is 1. The Morgan fingerprint density at radius 1 is 1.44 bits per heavy atom. The minimum atomic E-state index is -0.181. The summed E-state index contributed by atoms with van der Waals surface area (Å²) >= 11 is 1.56. The third-order valence-electron chi connectivity index (χ3n) is 2.15. The molecular formula is C12H13NO2S. The van der Waals surface area contributed by atoms with Crippen molar-refractivity contribution in [3.63, 3.8) is 0 Å². The molecule has 0 aliphatic rings. The first-order valence-corrected chi connectivity index (χ1v) is 5.99. The van der Waals surface area contributed by atoms with E-state index in [-0.39, 0.29) is 18.5 Å². The quantitative estimate of drug-likeness (QED) is 0.768. The number of benzene rings is 1. The van der Waals surface area contributed by atoms with Gasteiger partial charge in [0.2, 0.25) is 0 Å². The van der Waals surface area contributed by atoms with Gasteiger partial charge in [-0.05, 0) is 12.1 Å². The number of esters is 1. The zero-order chi connectivity index (χ0) is 11.5. The van der Waals surface area contributed by atoms with Crippen LogP contribution in [0.15, 0.2) is 24.3 Å². The third kappa shape index (κ3) is 2.39. The Kier molecular flexibility index (Phi) is 3.19. The van der Waals surface area contributed by atoms with Crippen LogP contribution in [-0.2, 0) is 16.1 Å². The molecule has 0 aliphatic carbocycles. The number of rotatable bonds is 3. The monoisotopic (exact) mass is 235 g/mol. The van der Waals surface area contributed by atoms with Crippen LogP contribution in [0, 0.1) is 5.92 Å². The van der Waals surface area contributed by atoms with Crippen LogP contribution in [0.1, 0.15) is 18.9 Å². The predicted molar refractivity (Wildman–Crippen MR) is 64.3 cm³/mol. The Bertz CT molecular complexity index is 471. The first kappa shape index (κ1) is 11.1. The molecule has 0 saturated heterocycles. The lowest BCUT2D eigenvalue weighted by atomic mass is 10.2. The Balaban J connectivity index is 2.07. The summed E-state index contributed by atoms with van der Waals surface area (Å²) in [6.45, 7) is 3.91. The molecule has 0 fully saturated rings. The largest absolute Gasteiger partial charge is 0.458 e. The van der Waals surface area contributed by atoms with Crippen LogP contribution in [0.3, 0.4) is 0 Å². The lowest BCUT2D eigenvalue weighted by Gasteiger charge is -2.04. The molecule has 3 nitrogen and oxygen atoms in total. The van der Waals surface area contributed by atoms with Crippen molar-refractivity contribution in [3.8, 4) is 0 Å². The van der Waals surface area contributed by atoms with E-state index in [9.17, 15) is 4.79 Å². The van der Waals surface area contributed by atoms with E-state index in [1.165, 1.54) is 0 Å². The van der Waals surface area contributed by atoms with Gasteiger partial charge in [-0.3, -0.25) is 4.79 Å². The summed E-state index contributed by atoms with van der Waals surface area (Å²) in [5.74, 6) is -0.270. The van der Waals surface area contributed by atoms with Crippen molar-refractivity contribution in [2.45, 2.75) is 20.5 Å². The fourth-order valence-electron chi connectivity index (χ4n) is 1.28. The average molecular weight is 235 g/mol. The second-order valence-electron chi connectivity index (χ2n) is 3.84. The summed E-state index contributed by atoms with van der Waals surface area (Å²) in [4.78, 5) is 15.7. The van der Waals surface area contributed by atoms with Crippen LogP contribution < -0.4 is 0 Å². The van der Waals surface area contributed by atoms with Gasteiger partial charge in [-0.25, -0.2) is 4.98 Å². The Labute approximate surface area is 98.1 Å². The average Bonchev–Trinajstić information content (AvgIpc) is 2.68. The second-order valence-corrected chi connectivity index (χ2v) is 4.95. The zero-order valence-electron chi connectivity index (χ0n) is 9.27. The van der Waals surface area contributed by atoms with E-state index in [0.29, 0.717) is 0 Å². The molecule has 0 atom stereocenters. The topological polar surface area (TPSA) is 39.2 Å². The summed E-state index contributed by atoms with van der Waals surface area (Å²) in [5, 5.41) is 0.843. The molecule has 0 spiro atoms. The number of carbonyl (C=O) groups is 1. The van der Waals surface area contributed by atoms with Crippen molar-refractivity contribution >= 4 is 27.5 Å². The summed E-state index contributed by atoms with van der Waals surface area (Å²) in [6, 6.07) is 7.90. The second kappa shape index (κ2) is 4.61. The van der Waals surface area contributed by atoms with E-state index in [2.05, 4.69) is 4.98 Å². The molecular weight excluding hydrogens is 222 g/mol. The van der Waals surface area contributed by atoms with Gasteiger partial charge in [0.05, 0.1) is 16.1 Å². The van der Waals surface area contributed by atoms with E-state index in [1.54, 1.807) is 11.3 Å². The van der Waals surface area contributed by atoms with Gasteiger partial charge in [0.15, 0.2) is 0 Å².